The van der Waals surface area contributed by atoms with Crippen LogP contribution in [0, 0.1) is 0 Å². The molecule has 0 atom stereocenters. The predicted molar refractivity (Wildman–Crippen MR) is 90.7 cm³/mol. The third-order valence-corrected chi connectivity index (χ3v) is 5.13. The lowest BCUT2D eigenvalue weighted by molar-refractivity contribution is -0.117. The van der Waals surface area contributed by atoms with Crippen molar-refractivity contribution < 1.29 is 4.79 Å². The summed E-state index contributed by atoms with van der Waals surface area (Å²) in [5.74, 6) is 0.247. The van der Waals surface area contributed by atoms with Crippen LogP contribution < -0.4 is 10.2 Å². The molecule has 0 saturated carbocycles. The minimum absolute atomic E-state index is 0.247. The Morgan fingerprint density at radius 2 is 2.23 bits per heavy atom. The van der Waals surface area contributed by atoms with Gasteiger partial charge in [-0.2, -0.15) is 0 Å². The van der Waals surface area contributed by atoms with Gasteiger partial charge in [-0.05, 0) is 42.5 Å². The van der Waals surface area contributed by atoms with E-state index in [1.165, 1.54) is 16.8 Å². The van der Waals surface area contributed by atoms with Gasteiger partial charge in [-0.1, -0.05) is 6.92 Å². The third-order valence-electron chi connectivity index (χ3n) is 4.33. The average molecular weight is 313 g/mol. The van der Waals surface area contributed by atoms with Crippen molar-refractivity contribution in [3.8, 4) is 11.3 Å². The Bertz CT molecular complexity index is 738. The van der Waals surface area contributed by atoms with Crippen LogP contribution in [0.4, 0.5) is 10.8 Å². The minimum Gasteiger partial charge on any atom is -0.362 e. The van der Waals surface area contributed by atoms with Crippen LogP contribution in [0.2, 0.25) is 0 Å². The Morgan fingerprint density at radius 3 is 3.09 bits per heavy atom. The number of carbonyl (C=O) groups is 1. The first-order chi connectivity index (χ1) is 10.8. The second-order valence-corrected chi connectivity index (χ2v) is 6.79. The fourth-order valence-corrected chi connectivity index (χ4v) is 4.10. The maximum atomic E-state index is 12.1. The summed E-state index contributed by atoms with van der Waals surface area (Å²) in [6, 6.07) is 4.38. The Labute approximate surface area is 134 Å². The van der Waals surface area contributed by atoms with Crippen molar-refractivity contribution in [3.05, 3.63) is 28.6 Å². The monoisotopic (exact) mass is 313 g/mol. The van der Waals surface area contributed by atoms with Gasteiger partial charge in [0, 0.05) is 24.0 Å². The molecule has 4 nitrogen and oxygen atoms in total. The van der Waals surface area contributed by atoms with E-state index in [9.17, 15) is 4.79 Å². The molecule has 1 N–H and O–H groups in total. The van der Waals surface area contributed by atoms with Crippen LogP contribution in [0.1, 0.15) is 30.9 Å². The van der Waals surface area contributed by atoms with Crippen LogP contribution in [0.25, 0.3) is 11.3 Å². The predicted octanol–water partition coefficient (Wildman–Crippen LogP) is 3.47. The zero-order chi connectivity index (χ0) is 15.1. The second kappa shape index (κ2) is 5.39. The second-order valence-electron chi connectivity index (χ2n) is 5.93. The number of rotatable bonds is 4. The van der Waals surface area contributed by atoms with Crippen molar-refractivity contribution in [3.63, 3.8) is 0 Å². The fourth-order valence-electron chi connectivity index (χ4n) is 3.35. The third kappa shape index (κ3) is 2.20. The number of nitrogens with one attached hydrogen (secondary N) is 1. The van der Waals surface area contributed by atoms with Gasteiger partial charge < -0.3 is 10.2 Å². The highest BCUT2D eigenvalue weighted by atomic mass is 32.1. The largest absolute Gasteiger partial charge is 0.362 e. The first kappa shape index (κ1) is 13.8. The van der Waals surface area contributed by atoms with E-state index < -0.39 is 0 Å². The quantitative estimate of drug-likeness (QED) is 0.940. The number of hydrogen-bond donors (Lipinski definition) is 1. The number of amides is 1. The SMILES string of the molecule is CCCNc1nc(-c2cc3c4c(c2)CC(=O)N4CCC3)cs1. The summed E-state index contributed by atoms with van der Waals surface area (Å²) in [7, 11) is 0. The molecule has 0 unspecified atom stereocenters. The van der Waals surface area contributed by atoms with Gasteiger partial charge >= 0.3 is 0 Å². The number of anilines is 2. The number of nitrogens with zero attached hydrogens (tertiary/aromatic N) is 2. The van der Waals surface area contributed by atoms with Crippen molar-refractivity contribution >= 4 is 28.1 Å². The lowest BCUT2D eigenvalue weighted by Crippen LogP contribution is -2.31. The van der Waals surface area contributed by atoms with Gasteiger partial charge in [0.25, 0.3) is 0 Å². The normalized spacial score (nSPS) is 16.0. The van der Waals surface area contributed by atoms with E-state index >= 15 is 0 Å². The average Bonchev–Trinajstić information content (AvgIpc) is 3.12. The zero-order valence-electron chi connectivity index (χ0n) is 12.7. The van der Waals surface area contributed by atoms with E-state index in [1.54, 1.807) is 11.3 Å². The van der Waals surface area contributed by atoms with Crippen molar-refractivity contribution in [2.75, 3.05) is 23.3 Å². The zero-order valence-corrected chi connectivity index (χ0v) is 13.5. The molecule has 1 aromatic carbocycles. The smallest absolute Gasteiger partial charge is 0.231 e. The maximum Gasteiger partial charge on any atom is 0.231 e. The molecule has 5 heteroatoms. The van der Waals surface area contributed by atoms with Crippen LogP contribution in [-0.2, 0) is 17.6 Å². The van der Waals surface area contributed by atoms with Gasteiger partial charge in [0.05, 0.1) is 17.8 Å². The standard InChI is InChI=1S/C17H19N3OS/c1-2-5-18-17-19-14(10-22-17)12-7-11-4-3-6-20-15(21)9-13(8-12)16(11)20/h7-8,10H,2-6,9H2,1H3,(H,18,19). The molecule has 0 aliphatic carbocycles. The van der Waals surface area contributed by atoms with E-state index in [2.05, 4.69) is 34.7 Å². The van der Waals surface area contributed by atoms with Crippen LogP contribution >= 0.6 is 11.3 Å². The molecule has 0 saturated heterocycles. The number of aromatic nitrogens is 1. The molecule has 1 amide bonds. The molecule has 1 aromatic heterocycles. The Hall–Kier alpha value is -1.88. The lowest BCUT2D eigenvalue weighted by Gasteiger charge is -2.25. The molecule has 4 rings (SSSR count). The van der Waals surface area contributed by atoms with E-state index in [1.807, 2.05) is 4.90 Å². The first-order valence-electron chi connectivity index (χ1n) is 7.92. The fraction of sp³-hybridized carbons (Fsp3) is 0.412. The minimum atomic E-state index is 0.247. The molecular weight excluding hydrogens is 294 g/mol. The Kier molecular flexibility index (Phi) is 3.37. The van der Waals surface area contributed by atoms with Gasteiger partial charge in [0.15, 0.2) is 5.13 Å². The van der Waals surface area contributed by atoms with Crippen molar-refractivity contribution in [1.82, 2.24) is 4.98 Å². The molecule has 2 aliphatic rings. The Morgan fingerprint density at radius 1 is 1.36 bits per heavy atom. The summed E-state index contributed by atoms with van der Waals surface area (Å²) in [5.41, 5.74) is 5.82. The number of carbonyl (C=O) groups excluding carboxylic acids is 1. The molecular formula is C17H19N3OS. The first-order valence-corrected chi connectivity index (χ1v) is 8.80. The summed E-state index contributed by atoms with van der Waals surface area (Å²) in [5, 5.41) is 6.41. The van der Waals surface area contributed by atoms with E-state index in [-0.39, 0.29) is 5.91 Å². The molecule has 3 heterocycles. The van der Waals surface area contributed by atoms with Crippen molar-refractivity contribution in [2.24, 2.45) is 0 Å². The highest BCUT2D eigenvalue weighted by Crippen LogP contribution is 2.40. The van der Waals surface area contributed by atoms with E-state index in [4.69, 9.17) is 0 Å². The van der Waals surface area contributed by atoms with Crippen molar-refractivity contribution in [1.29, 1.82) is 0 Å². The van der Waals surface area contributed by atoms with Crippen molar-refractivity contribution in [2.45, 2.75) is 32.6 Å². The van der Waals surface area contributed by atoms with Crippen LogP contribution in [0.15, 0.2) is 17.5 Å². The van der Waals surface area contributed by atoms with E-state index in [0.29, 0.717) is 6.42 Å². The summed E-state index contributed by atoms with van der Waals surface area (Å²) in [6.07, 6.45) is 3.75. The number of aryl methyl sites for hydroxylation is 1. The molecule has 0 fully saturated rings. The van der Waals surface area contributed by atoms with E-state index in [0.717, 1.165) is 48.7 Å². The number of hydrogen-bond acceptors (Lipinski definition) is 4. The number of benzene rings is 1. The molecule has 0 radical (unpaired) electrons. The Balaban J connectivity index is 1.71. The van der Waals surface area contributed by atoms with Gasteiger partial charge in [0.2, 0.25) is 5.91 Å². The van der Waals surface area contributed by atoms with Gasteiger partial charge in [0.1, 0.15) is 0 Å². The maximum absolute atomic E-state index is 12.1. The lowest BCUT2D eigenvalue weighted by atomic mass is 9.96. The van der Waals surface area contributed by atoms with Gasteiger partial charge in [-0.15, -0.1) is 11.3 Å². The molecule has 2 aliphatic heterocycles. The molecule has 2 aromatic rings. The molecule has 22 heavy (non-hydrogen) atoms. The van der Waals surface area contributed by atoms with Gasteiger partial charge in [-0.25, -0.2) is 4.98 Å². The van der Waals surface area contributed by atoms with Crippen LogP contribution in [0.5, 0.6) is 0 Å². The molecule has 114 valence electrons. The van der Waals surface area contributed by atoms with Crippen LogP contribution in [0.3, 0.4) is 0 Å². The van der Waals surface area contributed by atoms with Crippen LogP contribution in [-0.4, -0.2) is 24.0 Å². The highest BCUT2D eigenvalue weighted by molar-refractivity contribution is 7.14. The molecule has 0 spiro atoms. The molecule has 0 bridgehead atoms. The summed E-state index contributed by atoms with van der Waals surface area (Å²) in [4.78, 5) is 18.8. The topological polar surface area (TPSA) is 45.2 Å². The summed E-state index contributed by atoms with van der Waals surface area (Å²) >= 11 is 1.65. The summed E-state index contributed by atoms with van der Waals surface area (Å²) < 4.78 is 0. The van der Waals surface area contributed by atoms with Gasteiger partial charge in [-0.3, -0.25) is 4.79 Å². The number of thiazole rings is 1. The summed E-state index contributed by atoms with van der Waals surface area (Å²) in [6.45, 7) is 3.97. The highest BCUT2D eigenvalue weighted by Gasteiger charge is 2.32.